The molecule has 4 N–H and O–H groups in total. The summed E-state index contributed by atoms with van der Waals surface area (Å²) in [6, 6.07) is 4.81. The van der Waals surface area contributed by atoms with Crippen molar-refractivity contribution in [1.29, 1.82) is 0 Å². The summed E-state index contributed by atoms with van der Waals surface area (Å²) in [4.78, 5) is -0.00634. The minimum absolute atomic E-state index is 0. The molecule has 0 aliphatic heterocycles. The smallest absolute Gasteiger partial charge is 0.241 e. The lowest BCUT2D eigenvalue weighted by molar-refractivity contribution is 0.402. The van der Waals surface area contributed by atoms with Gasteiger partial charge in [-0.15, -0.1) is 12.4 Å². The van der Waals surface area contributed by atoms with Crippen LogP contribution in [0.5, 0.6) is 5.75 Å². The molecule has 98 valence electrons. The third kappa shape index (κ3) is 4.51. The molecule has 1 rings (SSSR count). The monoisotopic (exact) mass is 280 g/mol. The fourth-order valence-corrected chi connectivity index (χ4v) is 2.19. The highest BCUT2D eigenvalue weighted by atomic mass is 35.5. The van der Waals surface area contributed by atoms with E-state index in [0.29, 0.717) is 6.42 Å². The van der Waals surface area contributed by atoms with E-state index >= 15 is 0 Å². The molecule has 0 aliphatic carbocycles. The van der Waals surface area contributed by atoms with Crippen molar-refractivity contribution in [2.45, 2.75) is 24.3 Å². The number of hydrogen-bond acceptors (Lipinski definition) is 4. The number of primary sulfonamides is 1. The molecule has 1 aromatic carbocycles. The Hall–Kier alpha value is -0.820. The minimum Gasteiger partial charge on any atom is -0.495 e. The second-order valence-electron chi connectivity index (χ2n) is 3.71. The first-order valence-corrected chi connectivity index (χ1v) is 6.34. The van der Waals surface area contributed by atoms with E-state index in [1.165, 1.54) is 13.2 Å². The summed E-state index contributed by atoms with van der Waals surface area (Å²) in [5, 5.41) is 5.09. The molecule has 7 heteroatoms. The van der Waals surface area contributed by atoms with Crippen LogP contribution in [0.1, 0.15) is 12.5 Å². The van der Waals surface area contributed by atoms with Gasteiger partial charge in [-0.2, -0.15) is 0 Å². The van der Waals surface area contributed by atoms with E-state index in [-0.39, 0.29) is 29.1 Å². The van der Waals surface area contributed by atoms with Gasteiger partial charge in [-0.25, -0.2) is 13.6 Å². The van der Waals surface area contributed by atoms with E-state index in [0.717, 1.165) is 5.56 Å². The van der Waals surface area contributed by atoms with Crippen molar-refractivity contribution >= 4 is 22.4 Å². The Morgan fingerprint density at radius 2 is 2.00 bits per heavy atom. The molecular formula is C10H17ClN2O3S. The molecule has 1 atom stereocenters. The molecule has 17 heavy (non-hydrogen) atoms. The molecule has 0 radical (unpaired) electrons. The van der Waals surface area contributed by atoms with Gasteiger partial charge in [-0.3, -0.25) is 0 Å². The predicted molar refractivity (Wildman–Crippen MR) is 69.0 cm³/mol. The zero-order valence-corrected chi connectivity index (χ0v) is 11.3. The van der Waals surface area contributed by atoms with Gasteiger partial charge >= 0.3 is 0 Å². The number of rotatable bonds is 4. The normalized spacial score (nSPS) is 12.7. The molecule has 0 aromatic heterocycles. The van der Waals surface area contributed by atoms with Crippen LogP contribution in [0, 0.1) is 0 Å². The third-order valence-corrected chi connectivity index (χ3v) is 3.02. The highest BCUT2D eigenvalue weighted by Gasteiger charge is 2.15. The Morgan fingerprint density at radius 3 is 2.41 bits per heavy atom. The summed E-state index contributed by atoms with van der Waals surface area (Å²) in [6.07, 6.45) is 0.590. The van der Waals surface area contributed by atoms with E-state index in [1.54, 1.807) is 12.1 Å². The van der Waals surface area contributed by atoms with Crippen molar-refractivity contribution in [3.63, 3.8) is 0 Å². The number of sulfonamides is 1. The number of hydrogen-bond donors (Lipinski definition) is 2. The number of nitrogens with two attached hydrogens (primary N) is 2. The third-order valence-electron chi connectivity index (χ3n) is 2.09. The van der Waals surface area contributed by atoms with Gasteiger partial charge in [0.15, 0.2) is 0 Å². The van der Waals surface area contributed by atoms with Gasteiger partial charge < -0.3 is 10.5 Å². The molecule has 5 nitrogen and oxygen atoms in total. The molecule has 0 saturated heterocycles. The maximum absolute atomic E-state index is 11.3. The first-order valence-electron chi connectivity index (χ1n) is 4.80. The Morgan fingerprint density at radius 1 is 1.41 bits per heavy atom. The van der Waals surface area contributed by atoms with Crippen molar-refractivity contribution in [3.05, 3.63) is 23.8 Å². The van der Waals surface area contributed by atoms with Crippen LogP contribution in [0.25, 0.3) is 0 Å². The fraction of sp³-hybridized carbons (Fsp3) is 0.400. The first kappa shape index (κ1) is 16.2. The molecule has 0 bridgehead atoms. The topological polar surface area (TPSA) is 95.4 Å². The summed E-state index contributed by atoms with van der Waals surface area (Å²) in [5.74, 6) is 0.246. The Kier molecular flexibility index (Phi) is 5.91. The Bertz CT molecular complexity index is 474. The maximum atomic E-state index is 11.3. The molecule has 0 aliphatic rings. The van der Waals surface area contributed by atoms with Crippen LogP contribution >= 0.6 is 12.4 Å². The van der Waals surface area contributed by atoms with Gasteiger partial charge in [0.2, 0.25) is 10.0 Å². The average Bonchev–Trinajstić information content (AvgIpc) is 2.15. The first-order chi connectivity index (χ1) is 7.34. The minimum atomic E-state index is -3.77. The molecule has 0 saturated carbocycles. The largest absolute Gasteiger partial charge is 0.495 e. The van der Waals surface area contributed by atoms with Gasteiger partial charge in [0.05, 0.1) is 7.11 Å². The number of ether oxygens (including phenoxy) is 1. The van der Waals surface area contributed by atoms with E-state index in [2.05, 4.69) is 0 Å². The second kappa shape index (κ2) is 6.20. The molecule has 1 unspecified atom stereocenters. The van der Waals surface area contributed by atoms with Crippen LogP contribution in [0.2, 0.25) is 0 Å². The quantitative estimate of drug-likeness (QED) is 0.847. The summed E-state index contributed by atoms with van der Waals surface area (Å²) in [5.41, 5.74) is 6.46. The zero-order chi connectivity index (χ0) is 12.3. The molecule has 0 amide bonds. The van der Waals surface area contributed by atoms with Crippen LogP contribution in [0.3, 0.4) is 0 Å². The lowest BCUT2D eigenvalue weighted by Crippen LogP contribution is -2.19. The van der Waals surface area contributed by atoms with Crippen LogP contribution in [0.4, 0.5) is 0 Å². The van der Waals surface area contributed by atoms with Crippen molar-refractivity contribution in [2.75, 3.05) is 7.11 Å². The van der Waals surface area contributed by atoms with Crippen LogP contribution in [-0.4, -0.2) is 21.6 Å². The van der Waals surface area contributed by atoms with Crippen molar-refractivity contribution in [1.82, 2.24) is 0 Å². The van der Waals surface area contributed by atoms with E-state index < -0.39 is 10.0 Å². The molecule has 0 spiro atoms. The molecular weight excluding hydrogens is 264 g/mol. The predicted octanol–water partition coefficient (Wildman–Crippen LogP) is 0.654. The van der Waals surface area contributed by atoms with Gasteiger partial charge in [0.25, 0.3) is 0 Å². The molecule has 0 fully saturated rings. The number of halogens is 1. The summed E-state index contributed by atoms with van der Waals surface area (Å²) in [6.45, 7) is 1.85. The number of benzene rings is 1. The summed E-state index contributed by atoms with van der Waals surface area (Å²) >= 11 is 0. The highest BCUT2D eigenvalue weighted by Crippen LogP contribution is 2.24. The average molecular weight is 281 g/mol. The Balaban J connectivity index is 0.00000256. The van der Waals surface area contributed by atoms with Crippen molar-refractivity contribution in [2.24, 2.45) is 10.9 Å². The number of methoxy groups -OCH3 is 1. The lowest BCUT2D eigenvalue weighted by atomic mass is 10.1. The SMILES string of the molecule is COc1ccc(CC(C)N)cc1S(N)(=O)=O.Cl. The van der Waals surface area contributed by atoms with Crippen LogP contribution in [0.15, 0.2) is 23.1 Å². The van der Waals surface area contributed by atoms with E-state index in [4.69, 9.17) is 15.6 Å². The Labute approximate surface area is 108 Å². The van der Waals surface area contributed by atoms with E-state index in [9.17, 15) is 8.42 Å². The molecule has 0 heterocycles. The zero-order valence-electron chi connectivity index (χ0n) is 9.71. The van der Waals surface area contributed by atoms with Crippen molar-refractivity contribution < 1.29 is 13.2 Å². The lowest BCUT2D eigenvalue weighted by Gasteiger charge is -2.10. The maximum Gasteiger partial charge on any atom is 0.241 e. The van der Waals surface area contributed by atoms with Gasteiger partial charge in [0.1, 0.15) is 10.6 Å². The summed E-state index contributed by atoms with van der Waals surface area (Å²) in [7, 11) is -2.37. The van der Waals surface area contributed by atoms with Gasteiger partial charge in [0, 0.05) is 6.04 Å². The standard InChI is InChI=1S/C10H16N2O3S.ClH/c1-7(11)5-8-3-4-9(15-2)10(6-8)16(12,13)14;/h3-4,6-7H,5,11H2,1-2H3,(H2,12,13,14);1H. The van der Waals surface area contributed by atoms with E-state index in [1.807, 2.05) is 6.92 Å². The van der Waals surface area contributed by atoms with Crippen LogP contribution < -0.4 is 15.6 Å². The fourth-order valence-electron chi connectivity index (χ4n) is 1.44. The van der Waals surface area contributed by atoms with Crippen LogP contribution in [-0.2, 0) is 16.4 Å². The van der Waals surface area contributed by atoms with Crippen molar-refractivity contribution in [3.8, 4) is 5.75 Å². The van der Waals surface area contributed by atoms with Gasteiger partial charge in [-0.1, -0.05) is 6.07 Å². The second-order valence-corrected chi connectivity index (χ2v) is 5.24. The highest BCUT2D eigenvalue weighted by molar-refractivity contribution is 7.89. The molecule has 1 aromatic rings. The van der Waals surface area contributed by atoms with Gasteiger partial charge in [-0.05, 0) is 31.0 Å². The summed E-state index contributed by atoms with van der Waals surface area (Å²) < 4.78 is 27.6.